The van der Waals surface area contributed by atoms with E-state index >= 15 is 0 Å². The Morgan fingerprint density at radius 1 is 1.05 bits per heavy atom. The lowest BCUT2D eigenvalue weighted by Gasteiger charge is -2.08. The number of hydrogen-bond acceptors (Lipinski definition) is 3. The van der Waals surface area contributed by atoms with Crippen LogP contribution in [0.2, 0.25) is 10.0 Å². The van der Waals surface area contributed by atoms with Gasteiger partial charge < -0.3 is 10.6 Å². The first-order valence-electron chi connectivity index (χ1n) is 6.57. The number of carbonyl (C=O) groups is 1. The molecule has 0 saturated carbocycles. The molecule has 6 heteroatoms. The number of nitriles is 1. The largest absolute Gasteiger partial charge is 0.384 e. The Hall–Kier alpha value is -2.22. The quantitative estimate of drug-likeness (QED) is 0.856. The highest BCUT2D eigenvalue weighted by molar-refractivity contribution is 6.35. The van der Waals surface area contributed by atoms with Gasteiger partial charge in [0.15, 0.2) is 0 Å². The molecular weight excluding hydrogens is 321 g/mol. The molecule has 0 atom stereocenters. The third-order valence-corrected chi connectivity index (χ3v) is 3.28. The third kappa shape index (κ3) is 4.96. The molecule has 2 rings (SSSR count). The van der Waals surface area contributed by atoms with Crippen molar-refractivity contribution >= 4 is 40.5 Å². The number of hydrogen-bond donors (Lipinski definition) is 2. The number of nitrogens with zero attached hydrogens (tertiary/aromatic N) is 1. The maximum atomic E-state index is 11.8. The smallest absolute Gasteiger partial charge is 0.226 e. The number of rotatable bonds is 5. The first-order valence-corrected chi connectivity index (χ1v) is 7.32. The number of nitrogens with one attached hydrogen (secondary N) is 2. The van der Waals surface area contributed by atoms with Crippen LogP contribution in [0.1, 0.15) is 12.0 Å². The topological polar surface area (TPSA) is 64.9 Å². The first kappa shape index (κ1) is 16.2. The van der Waals surface area contributed by atoms with Crippen LogP contribution in [0, 0.1) is 11.3 Å². The monoisotopic (exact) mass is 333 g/mol. The van der Waals surface area contributed by atoms with Crippen molar-refractivity contribution in [1.29, 1.82) is 5.26 Å². The minimum Gasteiger partial charge on any atom is -0.384 e. The van der Waals surface area contributed by atoms with Crippen LogP contribution in [0.3, 0.4) is 0 Å². The summed E-state index contributed by atoms with van der Waals surface area (Å²) in [6.45, 7) is 0.457. The van der Waals surface area contributed by atoms with E-state index in [1.165, 1.54) is 0 Å². The van der Waals surface area contributed by atoms with E-state index in [1.54, 1.807) is 42.5 Å². The number of amides is 1. The molecule has 112 valence electrons. The summed E-state index contributed by atoms with van der Waals surface area (Å²) in [5, 5.41) is 15.6. The van der Waals surface area contributed by atoms with Crippen LogP contribution in [0.4, 0.5) is 11.4 Å². The lowest BCUT2D eigenvalue weighted by Crippen LogP contribution is -2.16. The van der Waals surface area contributed by atoms with Crippen LogP contribution in [-0.4, -0.2) is 12.5 Å². The van der Waals surface area contributed by atoms with E-state index in [2.05, 4.69) is 10.6 Å². The number of benzene rings is 2. The van der Waals surface area contributed by atoms with Crippen LogP contribution in [0.5, 0.6) is 0 Å². The number of anilines is 2. The summed E-state index contributed by atoms with van der Waals surface area (Å²) in [6.07, 6.45) is 0.296. The van der Waals surface area contributed by atoms with E-state index in [9.17, 15) is 4.79 Å². The molecule has 0 unspecified atom stereocenters. The Kier molecular flexibility index (Phi) is 5.65. The van der Waals surface area contributed by atoms with Crippen LogP contribution in [-0.2, 0) is 4.79 Å². The average Bonchev–Trinajstić information content (AvgIpc) is 2.47. The molecule has 4 nitrogen and oxygen atoms in total. The summed E-state index contributed by atoms with van der Waals surface area (Å²) in [7, 11) is 0. The van der Waals surface area contributed by atoms with Gasteiger partial charge in [0.05, 0.1) is 11.6 Å². The van der Waals surface area contributed by atoms with E-state index in [0.717, 1.165) is 5.69 Å². The molecule has 0 aliphatic rings. The van der Waals surface area contributed by atoms with Crippen molar-refractivity contribution in [2.75, 3.05) is 17.2 Å². The molecule has 22 heavy (non-hydrogen) atoms. The summed E-state index contributed by atoms with van der Waals surface area (Å²) in [4.78, 5) is 11.8. The Balaban J connectivity index is 1.81. The fourth-order valence-corrected chi connectivity index (χ4v) is 2.35. The molecule has 2 aromatic rings. The molecule has 0 heterocycles. The van der Waals surface area contributed by atoms with Crippen LogP contribution in [0.25, 0.3) is 0 Å². The molecular formula is C16H13Cl2N3O. The average molecular weight is 334 g/mol. The Bertz CT molecular complexity index is 688. The van der Waals surface area contributed by atoms with Gasteiger partial charge in [0.25, 0.3) is 0 Å². The van der Waals surface area contributed by atoms with Crippen molar-refractivity contribution in [3.8, 4) is 6.07 Å². The van der Waals surface area contributed by atoms with Crippen LogP contribution in [0.15, 0.2) is 42.5 Å². The second-order valence-electron chi connectivity index (χ2n) is 4.57. The van der Waals surface area contributed by atoms with Gasteiger partial charge in [-0.15, -0.1) is 0 Å². The predicted molar refractivity (Wildman–Crippen MR) is 89.4 cm³/mol. The zero-order valence-electron chi connectivity index (χ0n) is 11.6. The van der Waals surface area contributed by atoms with E-state index in [1.807, 2.05) is 6.07 Å². The molecule has 0 fully saturated rings. The summed E-state index contributed by atoms with van der Waals surface area (Å²) < 4.78 is 0. The molecule has 0 aromatic heterocycles. The van der Waals surface area contributed by atoms with Gasteiger partial charge in [-0.25, -0.2) is 0 Å². The number of halogens is 2. The maximum Gasteiger partial charge on any atom is 0.226 e. The lowest BCUT2D eigenvalue weighted by atomic mass is 10.2. The number of carbonyl (C=O) groups excluding carboxylic acids is 1. The van der Waals surface area contributed by atoms with Gasteiger partial charge in [-0.05, 0) is 42.5 Å². The summed E-state index contributed by atoms with van der Waals surface area (Å²) in [5.41, 5.74) is 1.98. The van der Waals surface area contributed by atoms with Gasteiger partial charge in [0.2, 0.25) is 5.91 Å². The highest BCUT2D eigenvalue weighted by Gasteiger charge is 2.03. The fourth-order valence-electron chi connectivity index (χ4n) is 1.83. The summed E-state index contributed by atoms with van der Waals surface area (Å²) in [5.74, 6) is -0.120. The van der Waals surface area contributed by atoms with Gasteiger partial charge in [-0.3, -0.25) is 4.79 Å². The van der Waals surface area contributed by atoms with Gasteiger partial charge in [-0.1, -0.05) is 23.2 Å². The molecule has 2 aromatic carbocycles. The van der Waals surface area contributed by atoms with Crippen molar-refractivity contribution in [1.82, 2.24) is 0 Å². The molecule has 0 aliphatic carbocycles. The van der Waals surface area contributed by atoms with Crippen molar-refractivity contribution in [2.24, 2.45) is 0 Å². The van der Waals surface area contributed by atoms with E-state index in [-0.39, 0.29) is 5.91 Å². The van der Waals surface area contributed by atoms with E-state index < -0.39 is 0 Å². The SMILES string of the molecule is N#Cc1ccc(NC(=O)CCNc2cc(Cl)cc(Cl)c2)cc1. The van der Waals surface area contributed by atoms with Crippen molar-refractivity contribution in [2.45, 2.75) is 6.42 Å². The molecule has 2 N–H and O–H groups in total. The molecule has 0 aliphatic heterocycles. The molecule has 0 bridgehead atoms. The van der Waals surface area contributed by atoms with Gasteiger partial charge in [0.1, 0.15) is 0 Å². The fraction of sp³-hybridized carbons (Fsp3) is 0.125. The van der Waals surface area contributed by atoms with Crippen molar-refractivity contribution in [3.63, 3.8) is 0 Å². The Morgan fingerprint density at radius 3 is 2.27 bits per heavy atom. The standard InChI is InChI=1S/C16H13Cl2N3O/c17-12-7-13(18)9-15(8-12)20-6-5-16(22)21-14-3-1-11(10-19)2-4-14/h1-4,7-9,20H,5-6H2,(H,21,22). The third-order valence-electron chi connectivity index (χ3n) is 2.84. The van der Waals surface area contributed by atoms with E-state index in [0.29, 0.717) is 34.3 Å². The molecule has 0 saturated heterocycles. The first-order chi connectivity index (χ1) is 10.6. The predicted octanol–water partition coefficient (Wildman–Crippen LogP) is 4.31. The molecule has 1 amide bonds. The van der Waals surface area contributed by atoms with Crippen molar-refractivity contribution in [3.05, 3.63) is 58.1 Å². The normalized spacial score (nSPS) is 9.86. The minimum atomic E-state index is -0.120. The highest BCUT2D eigenvalue weighted by Crippen LogP contribution is 2.22. The zero-order chi connectivity index (χ0) is 15.9. The van der Waals surface area contributed by atoms with Gasteiger partial charge >= 0.3 is 0 Å². The molecule has 0 radical (unpaired) electrons. The Morgan fingerprint density at radius 2 is 1.68 bits per heavy atom. The highest BCUT2D eigenvalue weighted by atomic mass is 35.5. The zero-order valence-corrected chi connectivity index (χ0v) is 13.1. The Labute approximate surface area is 138 Å². The minimum absolute atomic E-state index is 0.120. The van der Waals surface area contributed by atoms with Gasteiger partial charge in [0, 0.05) is 34.4 Å². The maximum absolute atomic E-state index is 11.8. The summed E-state index contributed by atoms with van der Waals surface area (Å²) in [6, 6.07) is 13.9. The van der Waals surface area contributed by atoms with E-state index in [4.69, 9.17) is 28.5 Å². The second-order valence-corrected chi connectivity index (χ2v) is 5.45. The van der Waals surface area contributed by atoms with Crippen molar-refractivity contribution < 1.29 is 4.79 Å². The second kappa shape index (κ2) is 7.69. The lowest BCUT2D eigenvalue weighted by molar-refractivity contribution is -0.115. The molecule has 0 spiro atoms. The van der Waals surface area contributed by atoms with Crippen LogP contribution < -0.4 is 10.6 Å². The van der Waals surface area contributed by atoms with Gasteiger partial charge in [-0.2, -0.15) is 5.26 Å². The van der Waals surface area contributed by atoms with Crippen LogP contribution >= 0.6 is 23.2 Å². The summed E-state index contributed by atoms with van der Waals surface area (Å²) >= 11 is 11.8.